The molecule has 110 valence electrons. The van der Waals surface area contributed by atoms with Gasteiger partial charge in [-0.2, -0.15) is 0 Å². The Kier molecular flexibility index (Phi) is 8.57. The molecule has 0 saturated carbocycles. The molecule has 1 aromatic heterocycles. The maximum atomic E-state index is 12.2. The predicted octanol–water partition coefficient (Wildman–Crippen LogP) is 2.37. The third kappa shape index (κ3) is 4.91. The van der Waals surface area contributed by atoms with Crippen LogP contribution in [-0.2, 0) is 6.42 Å². The van der Waals surface area contributed by atoms with Gasteiger partial charge >= 0.3 is 0 Å². The molecule has 1 fully saturated rings. The van der Waals surface area contributed by atoms with E-state index in [0.29, 0.717) is 6.04 Å². The molecule has 1 saturated heterocycles. The molecule has 0 spiro atoms. The highest BCUT2D eigenvalue weighted by atomic mass is 35.5. The van der Waals surface area contributed by atoms with E-state index in [0.717, 1.165) is 42.4 Å². The molecule has 1 aromatic rings. The highest BCUT2D eigenvalue weighted by Crippen LogP contribution is 2.17. The summed E-state index contributed by atoms with van der Waals surface area (Å²) in [7, 11) is 0. The van der Waals surface area contributed by atoms with E-state index in [-0.39, 0.29) is 30.7 Å². The molecule has 0 aromatic carbocycles. The first kappa shape index (κ1) is 18.6. The van der Waals surface area contributed by atoms with Crippen LogP contribution in [0, 0.1) is 0 Å². The van der Waals surface area contributed by atoms with Gasteiger partial charge in [0.25, 0.3) is 5.91 Å². The lowest BCUT2D eigenvalue weighted by molar-refractivity contribution is 0.0714. The Bertz CT molecular complexity index is 400. The van der Waals surface area contributed by atoms with Gasteiger partial charge in [0.2, 0.25) is 0 Å². The summed E-state index contributed by atoms with van der Waals surface area (Å²) < 4.78 is 0. The Morgan fingerprint density at radius 3 is 2.95 bits per heavy atom. The molecule has 1 aliphatic rings. The molecule has 1 unspecified atom stereocenters. The summed E-state index contributed by atoms with van der Waals surface area (Å²) in [6.07, 6.45) is 3.77. The van der Waals surface area contributed by atoms with E-state index in [1.54, 1.807) is 6.20 Å². The maximum Gasteiger partial charge on any atom is 0.265 e. The lowest BCUT2D eigenvalue weighted by Gasteiger charge is -2.31. The number of aryl methyl sites for hydroxylation is 1. The summed E-state index contributed by atoms with van der Waals surface area (Å²) in [5.74, 6) is 0.137. The van der Waals surface area contributed by atoms with Crippen LogP contribution in [0.3, 0.4) is 0 Å². The molecule has 2 rings (SSSR count). The zero-order chi connectivity index (χ0) is 12.3. The van der Waals surface area contributed by atoms with Crippen LogP contribution in [0.25, 0.3) is 0 Å². The number of amides is 1. The van der Waals surface area contributed by atoms with E-state index >= 15 is 0 Å². The monoisotopic (exact) mass is 325 g/mol. The molecule has 1 amide bonds. The van der Waals surface area contributed by atoms with Gasteiger partial charge in [0.1, 0.15) is 4.88 Å². The van der Waals surface area contributed by atoms with Crippen molar-refractivity contribution in [1.82, 2.24) is 15.2 Å². The number of nitrogens with zero attached hydrogens (tertiary/aromatic N) is 2. The minimum atomic E-state index is 0. The van der Waals surface area contributed by atoms with Gasteiger partial charge in [0, 0.05) is 25.7 Å². The van der Waals surface area contributed by atoms with Gasteiger partial charge in [-0.1, -0.05) is 6.92 Å². The first-order valence-electron chi connectivity index (χ1n) is 6.18. The van der Waals surface area contributed by atoms with Crippen LogP contribution >= 0.6 is 36.2 Å². The zero-order valence-corrected chi connectivity index (χ0v) is 13.7. The van der Waals surface area contributed by atoms with E-state index in [1.807, 2.05) is 4.90 Å². The van der Waals surface area contributed by atoms with Crippen molar-refractivity contribution in [2.24, 2.45) is 0 Å². The summed E-state index contributed by atoms with van der Waals surface area (Å²) in [5.41, 5.74) is 0. The van der Waals surface area contributed by atoms with Gasteiger partial charge < -0.3 is 10.2 Å². The number of piperazine rings is 1. The molecule has 1 aliphatic heterocycles. The number of hydrogen-bond donors (Lipinski definition) is 1. The minimum absolute atomic E-state index is 0. The summed E-state index contributed by atoms with van der Waals surface area (Å²) >= 11 is 1.54. The fraction of sp³-hybridized carbons (Fsp3) is 0.667. The highest BCUT2D eigenvalue weighted by Gasteiger charge is 2.22. The fourth-order valence-corrected chi connectivity index (χ4v) is 3.00. The Balaban J connectivity index is 0.00000162. The number of carbonyl (C=O) groups excluding carboxylic acids is 1. The van der Waals surface area contributed by atoms with E-state index in [1.165, 1.54) is 11.3 Å². The molecule has 19 heavy (non-hydrogen) atoms. The van der Waals surface area contributed by atoms with Gasteiger partial charge in [0.05, 0.1) is 11.2 Å². The third-order valence-corrected chi connectivity index (χ3v) is 3.93. The third-order valence-electron chi connectivity index (χ3n) is 2.88. The number of halogens is 2. The Labute approximate surface area is 130 Å². The minimum Gasteiger partial charge on any atom is -0.335 e. The molecular formula is C12H21Cl2N3OS. The predicted molar refractivity (Wildman–Crippen MR) is 84.0 cm³/mol. The van der Waals surface area contributed by atoms with Crippen molar-refractivity contribution in [2.75, 3.05) is 19.6 Å². The smallest absolute Gasteiger partial charge is 0.265 e. The zero-order valence-electron chi connectivity index (χ0n) is 11.2. The van der Waals surface area contributed by atoms with E-state index in [4.69, 9.17) is 0 Å². The van der Waals surface area contributed by atoms with Gasteiger partial charge in [-0.25, -0.2) is 4.98 Å². The molecule has 0 bridgehead atoms. The second-order valence-corrected chi connectivity index (χ2v) is 5.59. The van der Waals surface area contributed by atoms with Crippen molar-refractivity contribution in [2.45, 2.75) is 32.7 Å². The molecule has 7 heteroatoms. The lowest BCUT2D eigenvalue weighted by atomic mass is 10.2. The summed E-state index contributed by atoms with van der Waals surface area (Å²) in [5, 5.41) is 4.41. The second-order valence-electron chi connectivity index (χ2n) is 4.47. The number of nitrogens with one attached hydrogen (secondary N) is 1. The van der Waals surface area contributed by atoms with Crippen molar-refractivity contribution in [3.63, 3.8) is 0 Å². The highest BCUT2D eigenvalue weighted by molar-refractivity contribution is 7.13. The van der Waals surface area contributed by atoms with Gasteiger partial charge in [-0.3, -0.25) is 4.79 Å². The van der Waals surface area contributed by atoms with Crippen LogP contribution < -0.4 is 5.32 Å². The van der Waals surface area contributed by atoms with E-state index in [9.17, 15) is 4.79 Å². The first-order chi connectivity index (χ1) is 8.20. The van der Waals surface area contributed by atoms with Crippen LogP contribution in [-0.4, -0.2) is 41.5 Å². The van der Waals surface area contributed by atoms with Crippen molar-refractivity contribution in [1.29, 1.82) is 0 Å². The summed E-state index contributed by atoms with van der Waals surface area (Å²) in [6, 6.07) is 0.385. The first-order valence-corrected chi connectivity index (χ1v) is 6.99. The van der Waals surface area contributed by atoms with E-state index < -0.39 is 0 Å². The quantitative estimate of drug-likeness (QED) is 0.928. The van der Waals surface area contributed by atoms with Crippen LogP contribution in [0.15, 0.2) is 6.20 Å². The second kappa shape index (κ2) is 8.74. The van der Waals surface area contributed by atoms with Gasteiger partial charge in [-0.15, -0.1) is 36.2 Å². The standard InChI is InChI=1S/C12H19N3OS.2ClH/c1-3-4-11-14-7-10(17-11)12(16)15-6-5-13-9(2)8-15;;/h7,9,13H,3-6,8H2,1-2H3;2*1H. The van der Waals surface area contributed by atoms with Crippen LogP contribution in [0.5, 0.6) is 0 Å². The molecule has 1 atom stereocenters. The molecule has 1 N–H and O–H groups in total. The number of rotatable bonds is 3. The summed E-state index contributed by atoms with van der Waals surface area (Å²) in [4.78, 5) is 19.2. The van der Waals surface area contributed by atoms with Gasteiger partial charge in [-0.05, 0) is 19.8 Å². The topological polar surface area (TPSA) is 45.2 Å². The Morgan fingerprint density at radius 1 is 1.58 bits per heavy atom. The summed E-state index contributed by atoms with van der Waals surface area (Å²) in [6.45, 7) is 6.70. The fourth-order valence-electron chi connectivity index (χ4n) is 2.01. The van der Waals surface area contributed by atoms with Crippen LogP contribution in [0.4, 0.5) is 0 Å². The average Bonchev–Trinajstić information content (AvgIpc) is 2.77. The number of carbonyl (C=O) groups is 1. The molecule has 2 heterocycles. The normalized spacial score (nSPS) is 18.4. The van der Waals surface area contributed by atoms with Crippen LogP contribution in [0.2, 0.25) is 0 Å². The van der Waals surface area contributed by atoms with Crippen molar-refractivity contribution in [3.8, 4) is 0 Å². The Hall–Kier alpha value is -0.360. The molecule has 0 radical (unpaired) electrons. The maximum absolute atomic E-state index is 12.2. The molecule has 4 nitrogen and oxygen atoms in total. The van der Waals surface area contributed by atoms with E-state index in [2.05, 4.69) is 24.1 Å². The molecular weight excluding hydrogens is 305 g/mol. The van der Waals surface area contributed by atoms with Crippen molar-refractivity contribution in [3.05, 3.63) is 16.1 Å². The largest absolute Gasteiger partial charge is 0.335 e. The number of thiazole rings is 1. The van der Waals surface area contributed by atoms with Crippen molar-refractivity contribution < 1.29 is 4.79 Å². The number of hydrogen-bond acceptors (Lipinski definition) is 4. The number of aromatic nitrogens is 1. The van der Waals surface area contributed by atoms with Gasteiger partial charge in [0.15, 0.2) is 0 Å². The Morgan fingerprint density at radius 2 is 2.32 bits per heavy atom. The van der Waals surface area contributed by atoms with Crippen molar-refractivity contribution >= 4 is 42.1 Å². The SMILES string of the molecule is CCCc1ncc(C(=O)N2CCNC(C)C2)s1.Cl.Cl. The van der Waals surface area contributed by atoms with Crippen LogP contribution in [0.1, 0.15) is 34.9 Å². The molecule has 0 aliphatic carbocycles. The lowest BCUT2D eigenvalue weighted by Crippen LogP contribution is -2.51. The average molecular weight is 326 g/mol.